The zero-order valence-electron chi connectivity index (χ0n) is 21.1. The first-order valence-electron chi connectivity index (χ1n) is 11.8. The summed E-state index contributed by atoms with van der Waals surface area (Å²) in [6.45, 7) is 5.08. The van der Waals surface area contributed by atoms with Crippen LogP contribution in [0.25, 0.3) is 0 Å². The average Bonchev–Trinajstić information content (AvgIpc) is 2.90. The molecule has 0 aromatic heterocycles. The highest BCUT2D eigenvalue weighted by Crippen LogP contribution is 2.29. The summed E-state index contributed by atoms with van der Waals surface area (Å²) in [5, 5.41) is 5.75. The van der Waals surface area contributed by atoms with Crippen molar-refractivity contribution in [3.8, 4) is 23.0 Å². The molecule has 190 valence electrons. The topological polar surface area (TPSA) is 95.1 Å². The first kappa shape index (κ1) is 26.4. The maximum Gasteiger partial charge on any atom is 0.255 e. The summed E-state index contributed by atoms with van der Waals surface area (Å²) in [4.78, 5) is 25.9. The summed E-state index contributed by atoms with van der Waals surface area (Å²) in [6, 6.07) is 17.5. The third-order valence-corrected chi connectivity index (χ3v) is 5.37. The molecule has 0 saturated carbocycles. The lowest BCUT2D eigenvalue weighted by molar-refractivity contribution is 0.0955. The highest BCUT2D eigenvalue weighted by Gasteiger charge is 2.16. The van der Waals surface area contributed by atoms with E-state index < -0.39 is 0 Å². The van der Waals surface area contributed by atoms with Gasteiger partial charge < -0.3 is 29.6 Å². The molecule has 3 aromatic carbocycles. The van der Waals surface area contributed by atoms with Gasteiger partial charge in [0.2, 0.25) is 0 Å². The summed E-state index contributed by atoms with van der Waals surface area (Å²) >= 11 is 0. The van der Waals surface area contributed by atoms with Crippen LogP contribution in [0.5, 0.6) is 23.0 Å². The molecule has 0 fully saturated rings. The van der Waals surface area contributed by atoms with Crippen molar-refractivity contribution >= 4 is 17.5 Å². The van der Waals surface area contributed by atoms with Gasteiger partial charge in [0, 0.05) is 12.1 Å². The van der Waals surface area contributed by atoms with Crippen molar-refractivity contribution in [3.63, 3.8) is 0 Å². The van der Waals surface area contributed by atoms with Gasteiger partial charge in [0.05, 0.1) is 38.7 Å². The van der Waals surface area contributed by atoms with Crippen molar-refractivity contribution in [1.29, 1.82) is 0 Å². The summed E-state index contributed by atoms with van der Waals surface area (Å²) in [6.07, 6.45) is 0.604. The first-order chi connectivity index (χ1) is 17.5. The number of hydrogen-bond acceptors (Lipinski definition) is 6. The van der Waals surface area contributed by atoms with Crippen LogP contribution in [0.2, 0.25) is 0 Å². The molecule has 0 aliphatic carbocycles. The van der Waals surface area contributed by atoms with Crippen molar-refractivity contribution < 1.29 is 28.5 Å². The van der Waals surface area contributed by atoms with Crippen LogP contribution in [-0.4, -0.2) is 45.8 Å². The van der Waals surface area contributed by atoms with Crippen LogP contribution in [0.3, 0.4) is 0 Å². The Hall–Kier alpha value is -4.20. The summed E-state index contributed by atoms with van der Waals surface area (Å²) < 4.78 is 21.8. The number of ether oxygens (including phenoxy) is 4. The number of para-hydroxylation sites is 1. The molecule has 0 bridgehead atoms. The molecular weight excluding hydrogens is 460 g/mol. The maximum absolute atomic E-state index is 13.0. The van der Waals surface area contributed by atoms with Gasteiger partial charge >= 0.3 is 0 Å². The van der Waals surface area contributed by atoms with E-state index in [1.54, 1.807) is 56.7 Å². The fourth-order valence-electron chi connectivity index (χ4n) is 3.63. The van der Waals surface area contributed by atoms with E-state index in [1.165, 1.54) is 0 Å². The largest absolute Gasteiger partial charge is 0.493 e. The van der Waals surface area contributed by atoms with Gasteiger partial charge in [0.25, 0.3) is 11.8 Å². The minimum Gasteiger partial charge on any atom is -0.493 e. The van der Waals surface area contributed by atoms with Crippen molar-refractivity contribution in [3.05, 3.63) is 77.4 Å². The van der Waals surface area contributed by atoms with Gasteiger partial charge in [-0.1, -0.05) is 18.2 Å². The number of methoxy groups -OCH3 is 2. The fraction of sp³-hybridized carbons (Fsp3) is 0.286. The molecule has 3 rings (SSSR count). The second-order valence-corrected chi connectivity index (χ2v) is 7.72. The number of anilines is 1. The summed E-state index contributed by atoms with van der Waals surface area (Å²) in [5.74, 6) is 1.71. The summed E-state index contributed by atoms with van der Waals surface area (Å²) in [7, 11) is 3.17. The lowest BCUT2D eigenvalue weighted by Gasteiger charge is -2.14. The van der Waals surface area contributed by atoms with Crippen molar-refractivity contribution in [2.24, 2.45) is 0 Å². The molecule has 2 amide bonds. The van der Waals surface area contributed by atoms with Gasteiger partial charge in [-0.25, -0.2) is 0 Å². The molecule has 0 atom stereocenters. The smallest absolute Gasteiger partial charge is 0.255 e. The molecule has 3 aromatic rings. The van der Waals surface area contributed by atoms with Gasteiger partial charge in [0.15, 0.2) is 23.0 Å². The third-order valence-electron chi connectivity index (χ3n) is 5.37. The highest BCUT2D eigenvalue weighted by molar-refractivity contribution is 6.09. The number of benzene rings is 3. The predicted octanol–water partition coefficient (Wildman–Crippen LogP) is 4.73. The average molecular weight is 493 g/mol. The minimum atomic E-state index is -0.357. The first-order valence-corrected chi connectivity index (χ1v) is 11.8. The zero-order valence-corrected chi connectivity index (χ0v) is 21.1. The number of rotatable bonds is 12. The Morgan fingerprint density at radius 3 is 2.17 bits per heavy atom. The Labute approximate surface area is 211 Å². The van der Waals surface area contributed by atoms with Gasteiger partial charge in [-0.15, -0.1) is 0 Å². The van der Waals surface area contributed by atoms with E-state index in [1.807, 2.05) is 32.0 Å². The molecule has 8 nitrogen and oxygen atoms in total. The van der Waals surface area contributed by atoms with Crippen LogP contribution in [-0.2, 0) is 6.42 Å². The van der Waals surface area contributed by atoms with E-state index in [0.29, 0.717) is 66.0 Å². The fourth-order valence-corrected chi connectivity index (χ4v) is 3.63. The number of carbonyl (C=O) groups excluding carboxylic acids is 2. The van der Waals surface area contributed by atoms with E-state index in [2.05, 4.69) is 10.6 Å². The molecule has 0 radical (unpaired) electrons. The van der Waals surface area contributed by atoms with Crippen molar-refractivity contribution in [1.82, 2.24) is 5.32 Å². The third kappa shape index (κ3) is 6.69. The van der Waals surface area contributed by atoms with E-state index in [4.69, 9.17) is 18.9 Å². The van der Waals surface area contributed by atoms with E-state index in [9.17, 15) is 9.59 Å². The monoisotopic (exact) mass is 492 g/mol. The van der Waals surface area contributed by atoms with E-state index in [0.717, 1.165) is 5.56 Å². The molecule has 0 aliphatic rings. The molecule has 2 N–H and O–H groups in total. The lowest BCUT2D eigenvalue weighted by atomic mass is 10.1. The Morgan fingerprint density at radius 2 is 1.44 bits per heavy atom. The molecule has 0 saturated heterocycles. The molecule has 0 aliphatic heterocycles. The van der Waals surface area contributed by atoms with Gasteiger partial charge in [0.1, 0.15) is 0 Å². The maximum atomic E-state index is 13.0. The lowest BCUT2D eigenvalue weighted by Crippen LogP contribution is -2.27. The standard InChI is InChI=1S/C28H32N2O6/c1-5-35-24-14-12-20(18-26(24)36-6-2)27(31)30-22-10-8-7-9-21(22)28(32)29-16-15-19-11-13-23(33-3)25(17-19)34-4/h7-14,17-18H,5-6,15-16H2,1-4H3,(H,29,32)(H,30,31). The molecule has 0 unspecified atom stereocenters. The SMILES string of the molecule is CCOc1ccc(C(=O)Nc2ccccc2C(=O)NCCc2ccc(OC)c(OC)c2)cc1OCC. The Balaban J connectivity index is 1.67. The second kappa shape index (κ2) is 13.0. The number of hydrogen-bond donors (Lipinski definition) is 2. The molecule has 36 heavy (non-hydrogen) atoms. The predicted molar refractivity (Wildman–Crippen MR) is 139 cm³/mol. The Kier molecular flexibility index (Phi) is 9.56. The number of nitrogens with one attached hydrogen (secondary N) is 2. The van der Waals surface area contributed by atoms with Gasteiger partial charge in [-0.3, -0.25) is 9.59 Å². The Morgan fingerprint density at radius 1 is 0.750 bits per heavy atom. The molecule has 8 heteroatoms. The Bertz CT molecular complexity index is 1190. The second-order valence-electron chi connectivity index (χ2n) is 7.72. The molecule has 0 spiro atoms. The van der Waals surface area contributed by atoms with Crippen LogP contribution in [0.15, 0.2) is 60.7 Å². The van der Waals surface area contributed by atoms with Crippen LogP contribution in [0.1, 0.15) is 40.1 Å². The summed E-state index contributed by atoms with van der Waals surface area (Å²) in [5.41, 5.74) is 2.17. The zero-order chi connectivity index (χ0) is 25.9. The van der Waals surface area contributed by atoms with Crippen molar-refractivity contribution in [2.45, 2.75) is 20.3 Å². The highest BCUT2D eigenvalue weighted by atomic mass is 16.5. The van der Waals surface area contributed by atoms with Crippen LogP contribution in [0, 0.1) is 0 Å². The van der Waals surface area contributed by atoms with Gasteiger partial charge in [-0.05, 0) is 68.3 Å². The van der Waals surface area contributed by atoms with Crippen LogP contribution < -0.4 is 29.6 Å². The molecule has 0 heterocycles. The molecular formula is C28H32N2O6. The van der Waals surface area contributed by atoms with E-state index in [-0.39, 0.29) is 11.8 Å². The number of amides is 2. The minimum absolute atomic E-state index is 0.284. The van der Waals surface area contributed by atoms with Gasteiger partial charge in [-0.2, -0.15) is 0 Å². The van der Waals surface area contributed by atoms with E-state index >= 15 is 0 Å². The van der Waals surface area contributed by atoms with Crippen LogP contribution in [0.4, 0.5) is 5.69 Å². The van der Waals surface area contributed by atoms with Crippen LogP contribution >= 0.6 is 0 Å². The van der Waals surface area contributed by atoms with Crippen molar-refractivity contribution in [2.75, 3.05) is 39.3 Å². The number of carbonyl (C=O) groups is 2. The quantitative estimate of drug-likeness (QED) is 0.380. The normalized spacial score (nSPS) is 10.3.